The summed E-state index contributed by atoms with van der Waals surface area (Å²) in [5, 5.41) is 24.8. The molecule has 17 heteroatoms. The molecule has 0 bridgehead atoms. The summed E-state index contributed by atoms with van der Waals surface area (Å²) in [5.74, 6) is -1.68. The third kappa shape index (κ3) is 8.53. The van der Waals surface area contributed by atoms with Crippen LogP contribution in [0.5, 0.6) is 5.75 Å². The molecule has 1 spiro atoms. The van der Waals surface area contributed by atoms with Crippen LogP contribution >= 0.6 is 0 Å². The fourth-order valence-electron chi connectivity index (χ4n) is 9.63. The van der Waals surface area contributed by atoms with Gasteiger partial charge in [0, 0.05) is 30.7 Å². The second-order valence-corrected chi connectivity index (χ2v) is 16.3. The number of phenols is 1. The van der Waals surface area contributed by atoms with Crippen LogP contribution in [0.25, 0.3) is 0 Å². The number of cyclic esters (lactones) is 1. The van der Waals surface area contributed by atoms with Crippen LogP contribution in [0, 0.1) is 33.8 Å². The smallest absolute Gasteiger partial charge is 0.421 e. The maximum atomic E-state index is 16.3. The van der Waals surface area contributed by atoms with Gasteiger partial charge in [0.25, 0.3) is 5.69 Å². The highest BCUT2D eigenvalue weighted by atomic mass is 16.6. The van der Waals surface area contributed by atoms with Gasteiger partial charge in [0.05, 0.1) is 42.8 Å². The molecule has 69 heavy (non-hydrogen) atoms. The Balaban J connectivity index is 1.39. The number of non-ortho nitro benzene ring substituents is 1. The number of ether oxygens (including phenoxy) is 4. The van der Waals surface area contributed by atoms with Crippen molar-refractivity contribution in [2.75, 3.05) is 25.7 Å². The van der Waals surface area contributed by atoms with Gasteiger partial charge < -0.3 is 29.4 Å². The maximum Gasteiger partial charge on any atom is 0.421 e. The van der Waals surface area contributed by atoms with E-state index in [0.29, 0.717) is 22.3 Å². The Labute approximate surface area is 395 Å². The summed E-state index contributed by atoms with van der Waals surface area (Å²) >= 11 is 0. The zero-order chi connectivity index (χ0) is 49.0. The highest BCUT2D eigenvalue weighted by Gasteiger charge is 2.75. The van der Waals surface area contributed by atoms with Crippen LogP contribution in [-0.2, 0) is 54.9 Å². The van der Waals surface area contributed by atoms with Crippen molar-refractivity contribution in [2.24, 2.45) is 11.8 Å². The van der Waals surface area contributed by atoms with Gasteiger partial charge in [-0.05, 0) is 70.3 Å². The van der Waals surface area contributed by atoms with E-state index in [-0.39, 0.29) is 41.2 Å². The molecule has 5 aromatic carbocycles. The van der Waals surface area contributed by atoms with E-state index in [0.717, 1.165) is 19.1 Å². The molecule has 6 unspecified atom stereocenters. The molecule has 0 radical (unpaired) electrons. The molecule has 8 rings (SSSR count). The van der Waals surface area contributed by atoms with Crippen LogP contribution < -0.4 is 10.2 Å². The Morgan fingerprint density at radius 1 is 0.870 bits per heavy atom. The Morgan fingerprint density at radius 2 is 1.51 bits per heavy atom. The number of anilines is 1. The Morgan fingerprint density at radius 3 is 2.12 bits per heavy atom. The molecule has 2 N–H and O–H groups in total. The molecule has 2 saturated heterocycles. The number of benzene rings is 5. The number of aromatic hydroxyl groups is 1. The van der Waals surface area contributed by atoms with Gasteiger partial charge >= 0.3 is 24.0 Å². The van der Waals surface area contributed by atoms with Gasteiger partial charge in [-0.25, -0.2) is 9.69 Å². The van der Waals surface area contributed by atoms with Gasteiger partial charge in [-0.2, -0.15) is 0 Å². The second-order valence-electron chi connectivity index (χ2n) is 16.3. The SMILES string of the molecule is C=CCNC(=O)C1C2C(=O)OC(c3ccccc3)C(c3ccccc3)N2C(c2ccc(O)cc2)C12C(=O)N(C(=O)OCc1ccc([N+](=O)[O-])cc1)c1ccc(C#CCC(C(=O)OC)C(=O)OC)cc12. The number of rotatable bonds is 12. The zero-order valence-corrected chi connectivity index (χ0v) is 37.2. The first kappa shape index (κ1) is 46.9. The number of phenolic OH excluding ortho intramolecular Hbond substituents is 1. The van der Waals surface area contributed by atoms with Crippen molar-refractivity contribution < 1.29 is 57.7 Å². The molecule has 17 nitrogen and oxygen atoms in total. The molecular weight excluding hydrogens is 889 g/mol. The number of imide groups is 1. The van der Waals surface area contributed by atoms with Crippen molar-refractivity contribution in [1.29, 1.82) is 0 Å². The topological polar surface area (TPSA) is 221 Å². The minimum absolute atomic E-state index is 0.0179. The monoisotopic (exact) mass is 932 g/mol. The fraction of sp³-hybridized carbons (Fsp3) is 0.231. The summed E-state index contributed by atoms with van der Waals surface area (Å²) in [5.41, 5.74) is -0.103. The Bertz CT molecular complexity index is 2880. The van der Waals surface area contributed by atoms with Gasteiger partial charge in [0.1, 0.15) is 29.9 Å². The number of esters is 3. The van der Waals surface area contributed by atoms with Crippen LogP contribution in [-0.4, -0.2) is 77.6 Å². The standard InChI is InChI=1S/C52H44N4O13/c1-4-28-53-46(58)41-43-49(61)69-44(34-15-9-6-10-16-34)42(33-13-7-5-8-14-33)55(43)45(35-21-25-37(57)26-22-35)52(41)39-29-31(12-11-17-38(47(59)66-2)48(60)67-3)20-27-40(39)54(50(52)62)51(63)68-30-32-18-23-36(24-19-32)56(64)65/h4-10,13-16,18-27,29,38,41-45,57H,1,17,28,30H2,2-3H3,(H,53,58). The summed E-state index contributed by atoms with van der Waals surface area (Å²) in [6.45, 7) is 3.25. The van der Waals surface area contributed by atoms with Gasteiger partial charge in [-0.1, -0.05) is 90.7 Å². The molecule has 2 fully saturated rings. The van der Waals surface area contributed by atoms with E-state index in [2.05, 4.69) is 23.7 Å². The molecular formula is C52H44N4O13. The third-order valence-corrected chi connectivity index (χ3v) is 12.6. The summed E-state index contributed by atoms with van der Waals surface area (Å²) < 4.78 is 21.8. The van der Waals surface area contributed by atoms with Crippen LogP contribution in [0.1, 0.15) is 58.0 Å². The predicted molar refractivity (Wildman–Crippen MR) is 246 cm³/mol. The second kappa shape index (κ2) is 19.7. The van der Waals surface area contributed by atoms with Crippen molar-refractivity contribution in [3.05, 3.63) is 184 Å². The Kier molecular flexibility index (Phi) is 13.4. The van der Waals surface area contributed by atoms with Gasteiger partial charge in [-0.3, -0.25) is 39.0 Å². The quantitative estimate of drug-likeness (QED) is 0.0266. The molecule has 0 aromatic heterocycles. The van der Waals surface area contributed by atoms with Crippen molar-refractivity contribution in [3.63, 3.8) is 0 Å². The van der Waals surface area contributed by atoms with E-state index in [4.69, 9.17) is 18.9 Å². The minimum Gasteiger partial charge on any atom is -0.508 e. The molecule has 6 atom stereocenters. The number of nitrogens with one attached hydrogen (secondary N) is 1. The number of carbonyl (C=O) groups is 6. The molecule has 3 heterocycles. The summed E-state index contributed by atoms with van der Waals surface area (Å²) in [6, 6.07) is 30.2. The maximum absolute atomic E-state index is 16.3. The fourth-order valence-corrected chi connectivity index (χ4v) is 9.63. The Hall–Kier alpha value is -8.62. The largest absolute Gasteiger partial charge is 0.508 e. The lowest BCUT2D eigenvalue weighted by Crippen LogP contribution is -2.55. The molecule has 5 aromatic rings. The van der Waals surface area contributed by atoms with E-state index < -0.39 is 88.8 Å². The number of nitro benzene ring substituents is 1. The minimum atomic E-state index is -2.20. The molecule has 350 valence electrons. The molecule has 3 amide bonds. The summed E-state index contributed by atoms with van der Waals surface area (Å²) in [7, 11) is 2.24. The number of carbonyl (C=O) groups excluding carboxylic acids is 6. The number of methoxy groups -OCH3 is 2. The number of amides is 3. The zero-order valence-electron chi connectivity index (χ0n) is 37.2. The van der Waals surface area contributed by atoms with Crippen LogP contribution in [0.4, 0.5) is 16.2 Å². The van der Waals surface area contributed by atoms with Crippen molar-refractivity contribution >= 4 is 47.2 Å². The molecule has 0 aliphatic carbocycles. The van der Waals surface area contributed by atoms with Crippen LogP contribution in [0.3, 0.4) is 0 Å². The lowest BCUT2D eigenvalue weighted by Gasteiger charge is -2.46. The number of nitrogens with zero attached hydrogens (tertiary/aromatic N) is 3. The average Bonchev–Trinajstić information content (AvgIpc) is 3.82. The first-order valence-corrected chi connectivity index (χ1v) is 21.6. The normalized spacial score (nSPS) is 21.3. The lowest BCUT2D eigenvalue weighted by molar-refractivity contribution is -0.384. The van der Waals surface area contributed by atoms with Crippen molar-refractivity contribution in [3.8, 4) is 17.6 Å². The molecule has 0 saturated carbocycles. The third-order valence-electron chi connectivity index (χ3n) is 12.6. The first-order valence-electron chi connectivity index (χ1n) is 21.6. The van der Waals surface area contributed by atoms with Gasteiger partial charge in [0.2, 0.25) is 11.8 Å². The number of nitro groups is 1. The lowest BCUT2D eigenvalue weighted by atomic mass is 9.65. The van der Waals surface area contributed by atoms with E-state index in [9.17, 15) is 29.6 Å². The van der Waals surface area contributed by atoms with Crippen LogP contribution in [0.15, 0.2) is 140 Å². The predicted octanol–water partition coefficient (Wildman–Crippen LogP) is 6.31. The van der Waals surface area contributed by atoms with E-state index in [1.54, 1.807) is 41.3 Å². The number of fused-ring (bicyclic) bond motifs is 3. The van der Waals surface area contributed by atoms with E-state index in [1.165, 1.54) is 60.7 Å². The number of morpholine rings is 1. The van der Waals surface area contributed by atoms with Crippen molar-refractivity contribution in [1.82, 2.24) is 10.2 Å². The van der Waals surface area contributed by atoms with Gasteiger partial charge in [0.15, 0.2) is 5.92 Å². The summed E-state index contributed by atoms with van der Waals surface area (Å²) in [4.78, 5) is 99.8. The molecule has 3 aliphatic heterocycles. The highest BCUT2D eigenvalue weighted by molar-refractivity contribution is 6.23. The molecule has 3 aliphatic rings. The van der Waals surface area contributed by atoms with E-state index in [1.807, 2.05) is 36.4 Å². The summed E-state index contributed by atoms with van der Waals surface area (Å²) in [6.07, 6.45) is -1.07. The first-order chi connectivity index (χ1) is 33.3. The van der Waals surface area contributed by atoms with Crippen LogP contribution in [0.2, 0.25) is 0 Å². The number of hydrogen-bond acceptors (Lipinski definition) is 14. The average molecular weight is 933 g/mol. The van der Waals surface area contributed by atoms with E-state index >= 15 is 14.4 Å². The highest BCUT2D eigenvalue weighted by Crippen LogP contribution is 2.66. The number of hydrogen-bond donors (Lipinski definition) is 2. The van der Waals surface area contributed by atoms with Crippen molar-refractivity contribution in [2.45, 2.75) is 42.7 Å². The van der Waals surface area contributed by atoms with Gasteiger partial charge in [-0.15, -0.1) is 6.58 Å².